The molecule has 0 bridgehead atoms. The molecule has 0 aliphatic carbocycles. The number of anilines is 1. The molecule has 0 unspecified atom stereocenters. The van der Waals surface area contributed by atoms with Crippen molar-refractivity contribution in [2.45, 2.75) is 0 Å². The molecule has 0 aromatic carbocycles. The van der Waals surface area contributed by atoms with Gasteiger partial charge in [0, 0.05) is 14.1 Å². The van der Waals surface area contributed by atoms with E-state index in [4.69, 9.17) is 0 Å². The Morgan fingerprint density at radius 1 is 1.67 bits per heavy atom. The highest BCUT2D eigenvalue weighted by Gasteiger charge is 1.96. The summed E-state index contributed by atoms with van der Waals surface area (Å²) in [4.78, 5) is 12.1. The van der Waals surface area contributed by atoms with Crippen LogP contribution in [0.25, 0.3) is 0 Å². The average Bonchev–Trinajstić information content (AvgIpc) is 2.14. The maximum absolute atomic E-state index is 10.4. The number of rotatable bonds is 1. The molecule has 0 amide bonds. The average molecular weight is 128 g/mol. The Balaban J connectivity index is 2.98. The SMILES string of the molecule is CN(C)c1cc(=O)o[nH]1. The van der Waals surface area contributed by atoms with Gasteiger partial charge in [-0.25, -0.2) is 9.95 Å². The lowest BCUT2D eigenvalue weighted by atomic mass is 10.6. The minimum Gasteiger partial charge on any atom is -0.362 e. The maximum atomic E-state index is 10.4. The third-order valence-electron chi connectivity index (χ3n) is 0.993. The summed E-state index contributed by atoms with van der Waals surface area (Å²) in [6.45, 7) is 0. The largest absolute Gasteiger partial charge is 0.362 e. The van der Waals surface area contributed by atoms with Crippen molar-refractivity contribution in [3.8, 4) is 0 Å². The first kappa shape index (κ1) is 5.94. The van der Waals surface area contributed by atoms with Crippen LogP contribution in [-0.4, -0.2) is 19.3 Å². The van der Waals surface area contributed by atoms with Crippen LogP contribution in [0.3, 0.4) is 0 Å². The van der Waals surface area contributed by atoms with Gasteiger partial charge >= 0.3 is 5.63 Å². The number of hydrogen-bond donors (Lipinski definition) is 1. The summed E-state index contributed by atoms with van der Waals surface area (Å²) in [5, 5.41) is 2.44. The topological polar surface area (TPSA) is 49.2 Å². The van der Waals surface area contributed by atoms with Crippen molar-refractivity contribution >= 4 is 5.82 Å². The smallest absolute Gasteiger partial charge is 0.359 e. The monoisotopic (exact) mass is 128 g/mol. The Morgan fingerprint density at radius 3 is 2.56 bits per heavy atom. The van der Waals surface area contributed by atoms with E-state index in [1.807, 2.05) is 14.1 Å². The molecule has 1 aromatic heterocycles. The van der Waals surface area contributed by atoms with Crippen molar-refractivity contribution in [2.75, 3.05) is 19.0 Å². The van der Waals surface area contributed by atoms with E-state index < -0.39 is 0 Å². The minimum absolute atomic E-state index is 0.348. The Hall–Kier alpha value is -1.19. The van der Waals surface area contributed by atoms with Gasteiger partial charge in [0.2, 0.25) is 0 Å². The van der Waals surface area contributed by atoms with Crippen molar-refractivity contribution in [2.24, 2.45) is 0 Å². The predicted molar refractivity (Wildman–Crippen MR) is 33.7 cm³/mol. The molecule has 50 valence electrons. The lowest BCUT2D eigenvalue weighted by molar-refractivity contribution is 0.392. The highest BCUT2D eigenvalue weighted by atomic mass is 16.5. The van der Waals surface area contributed by atoms with Gasteiger partial charge in [-0.05, 0) is 0 Å². The molecule has 0 spiro atoms. The molecule has 4 nitrogen and oxygen atoms in total. The molecular weight excluding hydrogens is 120 g/mol. The Labute approximate surface area is 52.0 Å². The highest BCUT2D eigenvalue weighted by Crippen LogP contribution is 1.99. The van der Waals surface area contributed by atoms with Crippen molar-refractivity contribution in [3.05, 3.63) is 16.5 Å². The molecule has 1 aromatic rings. The van der Waals surface area contributed by atoms with Crippen molar-refractivity contribution in [3.63, 3.8) is 0 Å². The molecule has 0 aliphatic rings. The van der Waals surface area contributed by atoms with Crippen LogP contribution in [0.5, 0.6) is 0 Å². The van der Waals surface area contributed by atoms with Gasteiger partial charge in [0.15, 0.2) is 0 Å². The summed E-state index contributed by atoms with van der Waals surface area (Å²) in [7, 11) is 3.64. The highest BCUT2D eigenvalue weighted by molar-refractivity contribution is 5.32. The van der Waals surface area contributed by atoms with Crippen molar-refractivity contribution in [1.82, 2.24) is 5.16 Å². The number of nitrogens with zero attached hydrogens (tertiary/aromatic N) is 1. The molecular formula is C5H8N2O2. The van der Waals surface area contributed by atoms with E-state index >= 15 is 0 Å². The number of nitrogens with one attached hydrogen (secondary N) is 1. The van der Waals surface area contributed by atoms with Gasteiger partial charge < -0.3 is 9.42 Å². The molecule has 1 heterocycles. The Morgan fingerprint density at radius 2 is 2.33 bits per heavy atom. The first-order valence-electron chi connectivity index (χ1n) is 2.56. The molecule has 0 atom stereocenters. The van der Waals surface area contributed by atoms with Gasteiger partial charge in [-0.3, -0.25) is 0 Å². The molecule has 1 N–H and O–H groups in total. The zero-order valence-electron chi connectivity index (χ0n) is 5.34. The Bertz CT molecular complexity index is 235. The molecule has 0 aliphatic heterocycles. The number of aromatic nitrogens is 1. The van der Waals surface area contributed by atoms with Gasteiger partial charge in [-0.2, -0.15) is 0 Å². The summed E-state index contributed by atoms with van der Waals surface area (Å²) in [5.74, 6) is 0.681. The third-order valence-corrected chi connectivity index (χ3v) is 0.993. The van der Waals surface area contributed by atoms with E-state index in [-0.39, 0.29) is 5.63 Å². The molecule has 0 saturated heterocycles. The van der Waals surface area contributed by atoms with Crippen molar-refractivity contribution < 1.29 is 4.52 Å². The molecule has 0 saturated carbocycles. The van der Waals surface area contributed by atoms with Crippen LogP contribution in [0.4, 0.5) is 5.82 Å². The van der Waals surface area contributed by atoms with E-state index in [1.165, 1.54) is 6.07 Å². The fraction of sp³-hybridized carbons (Fsp3) is 0.400. The van der Waals surface area contributed by atoms with E-state index in [0.717, 1.165) is 0 Å². The summed E-state index contributed by atoms with van der Waals surface area (Å²) >= 11 is 0. The summed E-state index contributed by atoms with van der Waals surface area (Å²) in [6, 6.07) is 1.39. The summed E-state index contributed by atoms with van der Waals surface area (Å²) in [6.07, 6.45) is 0. The normalized spacial score (nSPS) is 9.56. The third kappa shape index (κ3) is 1.13. The lowest BCUT2D eigenvalue weighted by Crippen LogP contribution is -2.08. The second kappa shape index (κ2) is 1.97. The van der Waals surface area contributed by atoms with Gasteiger partial charge in [-0.1, -0.05) is 0 Å². The summed E-state index contributed by atoms with van der Waals surface area (Å²) in [5.41, 5.74) is -0.348. The Kier molecular flexibility index (Phi) is 1.30. The van der Waals surface area contributed by atoms with E-state index in [9.17, 15) is 4.79 Å². The molecule has 4 heteroatoms. The van der Waals surface area contributed by atoms with Crippen LogP contribution < -0.4 is 10.5 Å². The van der Waals surface area contributed by atoms with E-state index in [1.54, 1.807) is 4.90 Å². The van der Waals surface area contributed by atoms with Gasteiger partial charge in [0.1, 0.15) is 5.82 Å². The zero-order chi connectivity index (χ0) is 6.85. The predicted octanol–water partition coefficient (Wildman–Crippen LogP) is 0.0339. The van der Waals surface area contributed by atoms with Crippen molar-refractivity contribution in [1.29, 1.82) is 0 Å². The maximum Gasteiger partial charge on any atom is 0.359 e. The molecule has 1 rings (SSSR count). The van der Waals surface area contributed by atoms with Crippen LogP contribution in [0, 0.1) is 0 Å². The number of H-pyrrole nitrogens is 1. The lowest BCUT2D eigenvalue weighted by Gasteiger charge is -2.04. The van der Waals surface area contributed by atoms with Crippen LogP contribution >= 0.6 is 0 Å². The first-order valence-corrected chi connectivity index (χ1v) is 2.56. The molecule has 0 radical (unpaired) electrons. The van der Waals surface area contributed by atoms with Crippen LogP contribution in [-0.2, 0) is 0 Å². The van der Waals surface area contributed by atoms with E-state index in [0.29, 0.717) is 5.82 Å². The second-order valence-corrected chi connectivity index (χ2v) is 1.95. The number of aromatic amines is 1. The quantitative estimate of drug-likeness (QED) is 0.580. The fourth-order valence-electron chi connectivity index (χ4n) is 0.494. The van der Waals surface area contributed by atoms with Crippen LogP contribution in [0.1, 0.15) is 0 Å². The number of hydrogen-bond acceptors (Lipinski definition) is 3. The van der Waals surface area contributed by atoms with Crippen LogP contribution in [0.2, 0.25) is 0 Å². The minimum atomic E-state index is -0.348. The summed E-state index contributed by atoms with van der Waals surface area (Å²) < 4.78 is 4.40. The zero-order valence-corrected chi connectivity index (χ0v) is 5.34. The van der Waals surface area contributed by atoms with Crippen LogP contribution in [0.15, 0.2) is 15.4 Å². The first-order chi connectivity index (χ1) is 4.20. The molecule has 9 heavy (non-hydrogen) atoms. The fourth-order valence-corrected chi connectivity index (χ4v) is 0.494. The second-order valence-electron chi connectivity index (χ2n) is 1.95. The standard InChI is InChI=1S/C5H8N2O2/c1-7(2)4-3-5(8)9-6-4/h3,6H,1-2H3. The van der Waals surface area contributed by atoms with Gasteiger partial charge in [0.05, 0.1) is 6.07 Å². The van der Waals surface area contributed by atoms with Gasteiger partial charge in [-0.15, -0.1) is 0 Å². The molecule has 0 fully saturated rings. The van der Waals surface area contributed by atoms with E-state index in [2.05, 4.69) is 9.68 Å². The van der Waals surface area contributed by atoms with Gasteiger partial charge in [0.25, 0.3) is 0 Å².